The molecular formula is C14H17NO3. The number of hydrogen-bond donors (Lipinski definition) is 0. The number of esters is 1. The van der Waals surface area contributed by atoms with Gasteiger partial charge in [-0.2, -0.15) is 0 Å². The Morgan fingerprint density at radius 3 is 2.61 bits per heavy atom. The van der Waals surface area contributed by atoms with Gasteiger partial charge in [0.1, 0.15) is 0 Å². The monoisotopic (exact) mass is 247 g/mol. The first-order valence-corrected chi connectivity index (χ1v) is 6.12. The van der Waals surface area contributed by atoms with Crippen molar-refractivity contribution in [1.82, 2.24) is 4.90 Å². The Labute approximate surface area is 107 Å². The first kappa shape index (κ1) is 12.8. The summed E-state index contributed by atoms with van der Waals surface area (Å²) in [6.07, 6.45) is 0. The average Bonchev–Trinajstić information content (AvgIpc) is 2.34. The number of carbonyl (C=O) groups excluding carboxylic acids is 2. The zero-order valence-corrected chi connectivity index (χ0v) is 10.7. The molecule has 96 valence electrons. The van der Waals surface area contributed by atoms with Crippen LogP contribution in [0.5, 0.6) is 0 Å². The number of rotatable bonds is 4. The summed E-state index contributed by atoms with van der Waals surface area (Å²) in [6, 6.07) is 7.30. The predicted molar refractivity (Wildman–Crippen MR) is 67.6 cm³/mol. The van der Waals surface area contributed by atoms with Crippen molar-refractivity contribution in [1.29, 1.82) is 0 Å². The molecule has 0 radical (unpaired) electrons. The van der Waals surface area contributed by atoms with Gasteiger partial charge in [0.25, 0.3) is 5.78 Å². The Hall–Kier alpha value is -1.68. The largest absolute Gasteiger partial charge is 0.460 e. The Balaban J connectivity index is 2.22. The number of nitrogens with zero attached hydrogens (tertiary/aromatic N) is 1. The molecule has 1 aromatic rings. The fourth-order valence-electron chi connectivity index (χ4n) is 2.26. The Bertz CT molecular complexity index is 464. The zero-order valence-electron chi connectivity index (χ0n) is 10.7. The van der Waals surface area contributed by atoms with E-state index in [4.69, 9.17) is 4.74 Å². The topological polar surface area (TPSA) is 46.6 Å². The third kappa shape index (κ3) is 2.43. The first-order chi connectivity index (χ1) is 8.63. The van der Waals surface area contributed by atoms with E-state index >= 15 is 0 Å². The summed E-state index contributed by atoms with van der Waals surface area (Å²) < 4.78 is 4.77. The van der Waals surface area contributed by atoms with Gasteiger partial charge in [-0.25, -0.2) is 4.79 Å². The quantitative estimate of drug-likeness (QED) is 0.459. The summed E-state index contributed by atoms with van der Waals surface area (Å²) in [6.45, 7) is 3.76. The Morgan fingerprint density at radius 1 is 1.33 bits per heavy atom. The van der Waals surface area contributed by atoms with Crippen molar-refractivity contribution < 1.29 is 14.3 Å². The molecule has 0 spiro atoms. The molecule has 4 nitrogen and oxygen atoms in total. The molecule has 1 aromatic carbocycles. The molecule has 1 aliphatic rings. The molecule has 0 atom stereocenters. The van der Waals surface area contributed by atoms with Crippen LogP contribution in [-0.4, -0.2) is 43.4 Å². The smallest absolute Gasteiger partial charge is 0.379 e. The van der Waals surface area contributed by atoms with Crippen LogP contribution in [-0.2, 0) is 9.53 Å². The number of hydrogen-bond acceptors (Lipinski definition) is 4. The maximum atomic E-state index is 12.0. The maximum absolute atomic E-state index is 12.0. The average molecular weight is 247 g/mol. The summed E-state index contributed by atoms with van der Waals surface area (Å²) in [5.41, 5.74) is 1.43. The lowest BCUT2D eigenvalue weighted by atomic mass is 9.87. The van der Waals surface area contributed by atoms with E-state index in [2.05, 4.69) is 4.90 Å². The predicted octanol–water partition coefficient (Wildman–Crippen LogP) is 1.46. The highest BCUT2D eigenvalue weighted by molar-refractivity contribution is 6.41. The fourth-order valence-corrected chi connectivity index (χ4v) is 2.26. The molecule has 18 heavy (non-hydrogen) atoms. The molecule has 0 unspecified atom stereocenters. The van der Waals surface area contributed by atoms with Gasteiger partial charge < -0.3 is 9.64 Å². The van der Waals surface area contributed by atoms with E-state index in [0.717, 1.165) is 18.7 Å². The molecule has 1 aliphatic heterocycles. The highest BCUT2D eigenvalue weighted by atomic mass is 16.5. The van der Waals surface area contributed by atoms with Crippen LogP contribution in [0.15, 0.2) is 24.3 Å². The zero-order chi connectivity index (χ0) is 13.1. The lowest BCUT2D eigenvalue weighted by molar-refractivity contribution is -0.137. The highest BCUT2D eigenvalue weighted by Crippen LogP contribution is 2.28. The third-order valence-electron chi connectivity index (χ3n) is 3.17. The van der Waals surface area contributed by atoms with Gasteiger partial charge >= 0.3 is 5.97 Å². The molecule has 0 bridgehead atoms. The highest BCUT2D eigenvalue weighted by Gasteiger charge is 2.30. The first-order valence-electron chi connectivity index (χ1n) is 6.12. The van der Waals surface area contributed by atoms with Crippen molar-refractivity contribution in [2.45, 2.75) is 12.8 Å². The van der Waals surface area contributed by atoms with E-state index in [1.54, 1.807) is 19.1 Å². The third-order valence-corrected chi connectivity index (χ3v) is 3.17. The van der Waals surface area contributed by atoms with Crippen LogP contribution in [0, 0.1) is 0 Å². The normalized spacial score (nSPS) is 16.1. The van der Waals surface area contributed by atoms with Gasteiger partial charge in [0.15, 0.2) is 0 Å². The Kier molecular flexibility index (Phi) is 3.77. The van der Waals surface area contributed by atoms with Gasteiger partial charge in [0, 0.05) is 24.6 Å². The molecular weight excluding hydrogens is 230 g/mol. The molecule has 0 saturated carbocycles. The number of benzene rings is 1. The summed E-state index contributed by atoms with van der Waals surface area (Å²) in [5, 5.41) is 0. The lowest BCUT2D eigenvalue weighted by Gasteiger charge is -2.37. The van der Waals surface area contributed by atoms with E-state index in [0.29, 0.717) is 11.5 Å². The van der Waals surface area contributed by atoms with E-state index in [1.807, 2.05) is 19.2 Å². The van der Waals surface area contributed by atoms with Crippen molar-refractivity contribution >= 4 is 11.8 Å². The molecule has 0 amide bonds. The fraction of sp³-hybridized carbons (Fsp3) is 0.429. The van der Waals surface area contributed by atoms with Crippen molar-refractivity contribution in [3.8, 4) is 0 Å². The number of ether oxygens (including phenoxy) is 1. The van der Waals surface area contributed by atoms with Gasteiger partial charge in [0.05, 0.1) is 6.61 Å². The van der Waals surface area contributed by atoms with Crippen LogP contribution in [0.3, 0.4) is 0 Å². The molecule has 1 heterocycles. The lowest BCUT2D eigenvalue weighted by Crippen LogP contribution is -2.42. The minimum atomic E-state index is -0.766. The van der Waals surface area contributed by atoms with Gasteiger partial charge in [-0.1, -0.05) is 24.3 Å². The van der Waals surface area contributed by atoms with Gasteiger partial charge in [-0.3, -0.25) is 4.79 Å². The van der Waals surface area contributed by atoms with Crippen molar-refractivity contribution in [3.63, 3.8) is 0 Å². The summed E-state index contributed by atoms with van der Waals surface area (Å²) in [5.74, 6) is -0.968. The second-order valence-corrected chi connectivity index (χ2v) is 4.55. The molecule has 1 saturated heterocycles. The number of Topliss-reactive ketones (excluding diaryl/α,β-unsaturated/α-hetero) is 1. The van der Waals surface area contributed by atoms with E-state index in [1.165, 1.54) is 0 Å². The molecule has 4 heteroatoms. The minimum absolute atomic E-state index is 0.221. The maximum Gasteiger partial charge on any atom is 0.379 e. The number of likely N-dealkylation sites (N-methyl/N-ethyl adjacent to an activating group) is 1. The van der Waals surface area contributed by atoms with E-state index < -0.39 is 11.8 Å². The van der Waals surface area contributed by atoms with Crippen LogP contribution < -0.4 is 0 Å². The van der Waals surface area contributed by atoms with Crippen LogP contribution in [0.1, 0.15) is 28.8 Å². The second kappa shape index (κ2) is 5.31. The van der Waals surface area contributed by atoms with Crippen LogP contribution in [0.25, 0.3) is 0 Å². The van der Waals surface area contributed by atoms with Crippen LogP contribution >= 0.6 is 0 Å². The summed E-state index contributed by atoms with van der Waals surface area (Å²) >= 11 is 0. The SMILES string of the molecule is CCOC(=O)C(=O)c1ccccc1C1CN(C)C1. The van der Waals surface area contributed by atoms with Gasteiger partial charge in [0.2, 0.25) is 0 Å². The standard InChI is InChI=1S/C14H17NO3/c1-3-18-14(17)13(16)12-7-5-4-6-11(12)10-8-15(2)9-10/h4-7,10H,3,8-9H2,1-2H3. The van der Waals surface area contributed by atoms with Gasteiger partial charge in [-0.05, 0) is 19.5 Å². The van der Waals surface area contributed by atoms with E-state index in [9.17, 15) is 9.59 Å². The van der Waals surface area contributed by atoms with Crippen LogP contribution in [0.4, 0.5) is 0 Å². The minimum Gasteiger partial charge on any atom is -0.460 e. The second-order valence-electron chi connectivity index (χ2n) is 4.55. The number of carbonyl (C=O) groups is 2. The molecule has 0 aromatic heterocycles. The van der Waals surface area contributed by atoms with Crippen molar-refractivity contribution in [2.75, 3.05) is 26.7 Å². The van der Waals surface area contributed by atoms with Crippen molar-refractivity contribution in [2.24, 2.45) is 0 Å². The Morgan fingerprint density at radius 2 is 2.00 bits per heavy atom. The van der Waals surface area contributed by atoms with Gasteiger partial charge in [-0.15, -0.1) is 0 Å². The molecule has 0 N–H and O–H groups in total. The summed E-state index contributed by atoms with van der Waals surface area (Å²) in [7, 11) is 2.03. The summed E-state index contributed by atoms with van der Waals surface area (Å²) in [4.78, 5) is 25.7. The number of likely N-dealkylation sites (tertiary alicyclic amines) is 1. The molecule has 0 aliphatic carbocycles. The van der Waals surface area contributed by atoms with Crippen LogP contribution in [0.2, 0.25) is 0 Å². The number of ketones is 1. The molecule has 2 rings (SSSR count). The van der Waals surface area contributed by atoms with E-state index in [-0.39, 0.29) is 6.61 Å². The van der Waals surface area contributed by atoms with Crippen molar-refractivity contribution in [3.05, 3.63) is 35.4 Å². The molecule has 1 fully saturated rings.